The average Bonchev–Trinajstić information content (AvgIpc) is 2.75. The third-order valence-electron chi connectivity index (χ3n) is 2.83. The number of rotatable bonds is 5. The molecule has 0 radical (unpaired) electrons. The van der Waals surface area contributed by atoms with E-state index >= 15 is 0 Å². The van der Waals surface area contributed by atoms with E-state index in [0.29, 0.717) is 18.1 Å². The molecule has 0 aliphatic carbocycles. The maximum absolute atomic E-state index is 10.7. The third kappa shape index (κ3) is 3.06. The molecule has 2 rings (SSSR count). The highest BCUT2D eigenvalue weighted by atomic mass is 16.6. The lowest BCUT2D eigenvalue weighted by Crippen LogP contribution is -2.10. The molecule has 100 valence electrons. The highest BCUT2D eigenvalue weighted by Gasteiger charge is 2.11. The first kappa shape index (κ1) is 13.0. The summed E-state index contributed by atoms with van der Waals surface area (Å²) in [5, 5.41) is 13.8. The fourth-order valence-electron chi connectivity index (χ4n) is 1.78. The van der Waals surface area contributed by atoms with E-state index in [2.05, 4.69) is 15.3 Å². The SMILES string of the molecule is Cc1nc(NCCc2nccn2C)ccc1[N+](=O)[O-]. The molecule has 2 aromatic heterocycles. The van der Waals surface area contributed by atoms with Gasteiger partial charge in [-0.2, -0.15) is 0 Å². The Morgan fingerprint density at radius 3 is 2.84 bits per heavy atom. The largest absolute Gasteiger partial charge is 0.370 e. The van der Waals surface area contributed by atoms with Crippen molar-refractivity contribution in [1.29, 1.82) is 0 Å². The van der Waals surface area contributed by atoms with Crippen molar-refractivity contribution in [1.82, 2.24) is 14.5 Å². The Kier molecular flexibility index (Phi) is 3.74. The van der Waals surface area contributed by atoms with Gasteiger partial charge in [0.05, 0.1) is 4.92 Å². The van der Waals surface area contributed by atoms with Crippen LogP contribution < -0.4 is 5.32 Å². The first-order chi connectivity index (χ1) is 9.08. The predicted molar refractivity (Wildman–Crippen MR) is 71.0 cm³/mol. The minimum atomic E-state index is -0.431. The molecule has 0 atom stereocenters. The Labute approximate surface area is 110 Å². The molecule has 0 saturated carbocycles. The van der Waals surface area contributed by atoms with E-state index in [1.54, 1.807) is 19.2 Å². The molecule has 0 aliphatic heterocycles. The van der Waals surface area contributed by atoms with Gasteiger partial charge in [0.2, 0.25) is 0 Å². The molecule has 1 N–H and O–H groups in total. The number of nitro groups is 1. The van der Waals surface area contributed by atoms with E-state index in [-0.39, 0.29) is 5.69 Å². The summed E-state index contributed by atoms with van der Waals surface area (Å²) >= 11 is 0. The van der Waals surface area contributed by atoms with Gasteiger partial charge in [-0.25, -0.2) is 9.97 Å². The molecule has 0 amide bonds. The minimum absolute atomic E-state index is 0.0367. The quantitative estimate of drug-likeness (QED) is 0.653. The van der Waals surface area contributed by atoms with Crippen LogP contribution in [0, 0.1) is 17.0 Å². The number of hydrogen-bond donors (Lipinski definition) is 1. The summed E-state index contributed by atoms with van der Waals surface area (Å²) in [7, 11) is 1.94. The van der Waals surface area contributed by atoms with Gasteiger partial charge in [0.25, 0.3) is 5.69 Å². The Bertz CT molecular complexity index is 594. The number of imidazole rings is 1. The molecule has 0 unspecified atom stereocenters. The van der Waals surface area contributed by atoms with Crippen LogP contribution in [0.15, 0.2) is 24.5 Å². The van der Waals surface area contributed by atoms with E-state index in [0.717, 1.165) is 12.2 Å². The smallest absolute Gasteiger partial charge is 0.290 e. The fourth-order valence-corrected chi connectivity index (χ4v) is 1.78. The van der Waals surface area contributed by atoms with E-state index < -0.39 is 4.92 Å². The van der Waals surface area contributed by atoms with Crippen LogP contribution >= 0.6 is 0 Å². The van der Waals surface area contributed by atoms with Crippen LogP contribution in [0.25, 0.3) is 0 Å². The number of pyridine rings is 1. The number of aryl methyl sites for hydroxylation is 2. The van der Waals surface area contributed by atoms with E-state index in [1.165, 1.54) is 6.07 Å². The van der Waals surface area contributed by atoms with E-state index in [4.69, 9.17) is 0 Å². The Morgan fingerprint density at radius 1 is 1.47 bits per heavy atom. The molecule has 19 heavy (non-hydrogen) atoms. The van der Waals surface area contributed by atoms with Crippen molar-refractivity contribution in [2.24, 2.45) is 7.05 Å². The van der Waals surface area contributed by atoms with Crippen LogP contribution in [0.1, 0.15) is 11.5 Å². The summed E-state index contributed by atoms with van der Waals surface area (Å²) < 4.78 is 1.95. The van der Waals surface area contributed by atoms with Crippen molar-refractivity contribution in [3.63, 3.8) is 0 Å². The summed E-state index contributed by atoms with van der Waals surface area (Å²) in [5.41, 5.74) is 0.446. The summed E-state index contributed by atoms with van der Waals surface area (Å²) in [5.74, 6) is 1.61. The van der Waals surface area contributed by atoms with Crippen LogP contribution in [0.5, 0.6) is 0 Å². The number of nitrogens with zero attached hydrogens (tertiary/aromatic N) is 4. The summed E-state index contributed by atoms with van der Waals surface area (Å²) in [4.78, 5) is 18.6. The fraction of sp³-hybridized carbons (Fsp3) is 0.333. The van der Waals surface area contributed by atoms with Gasteiger partial charge in [-0.05, 0) is 13.0 Å². The zero-order valence-electron chi connectivity index (χ0n) is 10.8. The van der Waals surface area contributed by atoms with Crippen LogP contribution in [0.4, 0.5) is 11.5 Å². The molecular weight excluding hydrogens is 246 g/mol. The van der Waals surface area contributed by atoms with Gasteiger partial charge in [0.1, 0.15) is 17.3 Å². The predicted octanol–water partition coefficient (Wildman–Crippen LogP) is 1.69. The highest BCUT2D eigenvalue weighted by molar-refractivity contribution is 5.44. The normalized spacial score (nSPS) is 10.4. The molecule has 7 heteroatoms. The average molecular weight is 261 g/mol. The maximum atomic E-state index is 10.7. The van der Waals surface area contributed by atoms with Gasteiger partial charge in [-0.15, -0.1) is 0 Å². The summed E-state index contributed by atoms with van der Waals surface area (Å²) in [6, 6.07) is 3.08. The monoisotopic (exact) mass is 261 g/mol. The van der Waals surface area contributed by atoms with Crippen molar-refractivity contribution in [2.75, 3.05) is 11.9 Å². The first-order valence-corrected chi connectivity index (χ1v) is 5.90. The van der Waals surface area contributed by atoms with E-state index in [9.17, 15) is 10.1 Å². The molecule has 0 aromatic carbocycles. The zero-order chi connectivity index (χ0) is 13.8. The lowest BCUT2D eigenvalue weighted by atomic mass is 10.3. The second-order valence-electron chi connectivity index (χ2n) is 4.19. The van der Waals surface area contributed by atoms with Gasteiger partial charge in [-0.1, -0.05) is 0 Å². The summed E-state index contributed by atoms with van der Waals surface area (Å²) in [6.45, 7) is 2.30. The Hall–Kier alpha value is -2.44. The number of hydrogen-bond acceptors (Lipinski definition) is 5. The second kappa shape index (κ2) is 5.47. The van der Waals surface area contributed by atoms with E-state index in [1.807, 2.05) is 17.8 Å². The molecule has 7 nitrogen and oxygen atoms in total. The van der Waals surface area contributed by atoms with Crippen molar-refractivity contribution in [3.05, 3.63) is 46.2 Å². The van der Waals surface area contributed by atoms with Gasteiger partial charge in [-0.3, -0.25) is 10.1 Å². The molecule has 0 spiro atoms. The number of nitrogens with one attached hydrogen (secondary N) is 1. The van der Waals surface area contributed by atoms with Crippen LogP contribution in [-0.4, -0.2) is 26.0 Å². The highest BCUT2D eigenvalue weighted by Crippen LogP contribution is 2.17. The lowest BCUT2D eigenvalue weighted by molar-refractivity contribution is -0.385. The Morgan fingerprint density at radius 2 is 2.26 bits per heavy atom. The maximum Gasteiger partial charge on any atom is 0.290 e. The van der Waals surface area contributed by atoms with Crippen molar-refractivity contribution < 1.29 is 4.92 Å². The minimum Gasteiger partial charge on any atom is -0.370 e. The third-order valence-corrected chi connectivity index (χ3v) is 2.83. The van der Waals surface area contributed by atoms with Crippen molar-refractivity contribution in [3.8, 4) is 0 Å². The van der Waals surface area contributed by atoms with Gasteiger partial charge in [0, 0.05) is 38.5 Å². The second-order valence-corrected chi connectivity index (χ2v) is 4.19. The number of aromatic nitrogens is 3. The topological polar surface area (TPSA) is 85.9 Å². The Balaban J connectivity index is 1.95. The van der Waals surface area contributed by atoms with Crippen LogP contribution in [0.3, 0.4) is 0 Å². The molecule has 0 saturated heterocycles. The standard InChI is InChI=1S/C12H15N5O2/c1-9-10(17(18)19)3-4-11(15-9)13-6-5-12-14-7-8-16(12)2/h3-4,7-8H,5-6H2,1-2H3,(H,13,15). The first-order valence-electron chi connectivity index (χ1n) is 5.90. The molecular formula is C12H15N5O2. The van der Waals surface area contributed by atoms with Crippen molar-refractivity contribution in [2.45, 2.75) is 13.3 Å². The van der Waals surface area contributed by atoms with Crippen LogP contribution in [-0.2, 0) is 13.5 Å². The molecule has 2 heterocycles. The summed E-state index contributed by atoms with van der Waals surface area (Å²) in [6.07, 6.45) is 4.41. The molecule has 0 fully saturated rings. The van der Waals surface area contributed by atoms with Gasteiger partial charge in [0.15, 0.2) is 0 Å². The van der Waals surface area contributed by atoms with Crippen LogP contribution in [0.2, 0.25) is 0 Å². The molecule has 0 aliphatic rings. The van der Waals surface area contributed by atoms with Gasteiger partial charge < -0.3 is 9.88 Å². The lowest BCUT2D eigenvalue weighted by Gasteiger charge is -2.06. The number of anilines is 1. The van der Waals surface area contributed by atoms with Gasteiger partial charge >= 0.3 is 0 Å². The van der Waals surface area contributed by atoms with Crippen molar-refractivity contribution >= 4 is 11.5 Å². The zero-order valence-corrected chi connectivity index (χ0v) is 10.8. The molecule has 2 aromatic rings. The molecule has 0 bridgehead atoms.